The lowest BCUT2D eigenvalue weighted by molar-refractivity contribution is 0.0887. The molecule has 0 spiro atoms. The van der Waals surface area contributed by atoms with Crippen molar-refractivity contribution in [2.24, 2.45) is 0 Å². The average molecular weight is 752 g/mol. The van der Waals surface area contributed by atoms with Crippen molar-refractivity contribution < 1.29 is 19.0 Å². The molecule has 268 valence electrons. The van der Waals surface area contributed by atoms with E-state index < -0.39 is 18.0 Å². The number of aromatic nitrogens is 4. The maximum absolute atomic E-state index is 14.0. The number of hydrogen-bond donors (Lipinski definition) is 3. The number of hydrogen-bond acceptors (Lipinski definition) is 8. The van der Waals surface area contributed by atoms with Crippen LogP contribution in [0, 0.1) is 17.1 Å². The van der Waals surface area contributed by atoms with Gasteiger partial charge in [-0.3, -0.25) is 4.98 Å². The van der Waals surface area contributed by atoms with Crippen molar-refractivity contribution in [3.63, 3.8) is 0 Å². The number of halogens is 3. The molecule has 3 N–H and O–H groups in total. The molecule has 1 fully saturated rings. The lowest BCUT2D eigenvalue weighted by Crippen LogP contribution is -2.47. The molecule has 53 heavy (non-hydrogen) atoms. The number of amides is 1. The Morgan fingerprint density at radius 2 is 1.89 bits per heavy atom. The number of nitriles is 1. The molecule has 2 aromatic heterocycles. The summed E-state index contributed by atoms with van der Waals surface area (Å²) in [4.78, 5) is 18.2. The summed E-state index contributed by atoms with van der Waals surface area (Å²) in [6.07, 6.45) is 4.14. The number of anilines is 3. The summed E-state index contributed by atoms with van der Waals surface area (Å²) < 4.78 is 21.3. The van der Waals surface area contributed by atoms with Gasteiger partial charge in [0.2, 0.25) is 0 Å². The SMILES string of the molecule is COc1cccc(C(Nc2cc(Cl)c3ncc(C#N)c(Nc4ccc(F)c(Cl)c4)c3c2)c2cn(C3CCN(C(=O)O)C(Cc4ccccc4)C3)nn2)c1. The van der Waals surface area contributed by atoms with Gasteiger partial charge in [0.05, 0.1) is 52.2 Å². The van der Waals surface area contributed by atoms with Crippen molar-refractivity contribution in [2.75, 3.05) is 24.3 Å². The normalized spacial score (nSPS) is 16.2. The molecule has 3 atom stereocenters. The van der Waals surface area contributed by atoms with E-state index in [0.717, 1.165) is 11.1 Å². The van der Waals surface area contributed by atoms with Crippen LogP contribution >= 0.6 is 23.2 Å². The van der Waals surface area contributed by atoms with Crippen molar-refractivity contribution in [3.8, 4) is 11.8 Å². The summed E-state index contributed by atoms with van der Waals surface area (Å²) in [5, 5.41) is 36.7. The number of nitrogens with zero attached hydrogens (tertiary/aromatic N) is 6. The molecule has 6 aromatic rings. The summed E-state index contributed by atoms with van der Waals surface area (Å²) in [6.45, 7) is 0.374. The van der Waals surface area contributed by atoms with E-state index in [1.54, 1.807) is 13.2 Å². The van der Waals surface area contributed by atoms with Crippen LogP contribution in [0.25, 0.3) is 10.9 Å². The van der Waals surface area contributed by atoms with E-state index in [2.05, 4.69) is 32.0 Å². The zero-order valence-corrected chi connectivity index (χ0v) is 29.9. The molecule has 0 radical (unpaired) electrons. The van der Waals surface area contributed by atoms with Gasteiger partial charge in [-0.05, 0) is 72.9 Å². The van der Waals surface area contributed by atoms with Crippen LogP contribution in [0.5, 0.6) is 5.75 Å². The van der Waals surface area contributed by atoms with Gasteiger partial charge in [-0.1, -0.05) is 70.9 Å². The standard InChI is InChI=1S/C39H33Cl2FN8O3/c1-53-30-9-5-8-24(15-30)37(35-22-50(48-47-35)28-12-13-49(39(51)52)29(19-28)14-23-6-3-2-4-7-23)46-27-16-31-36(45-26-10-11-34(42)32(40)17-26)25(20-43)21-44-38(31)33(41)18-27/h2-11,15-18,21-22,28-29,37,46H,12-14,19H2,1H3,(H,44,45)(H,51,52). The first-order valence-electron chi connectivity index (χ1n) is 16.8. The second-order valence-corrected chi connectivity index (χ2v) is 13.6. The maximum Gasteiger partial charge on any atom is 0.407 e. The first kappa shape index (κ1) is 35.5. The van der Waals surface area contributed by atoms with Crippen LogP contribution in [0.2, 0.25) is 10.0 Å². The smallest absolute Gasteiger partial charge is 0.407 e. The molecule has 0 bridgehead atoms. The molecule has 1 aliphatic rings. The Balaban J connectivity index is 1.24. The summed E-state index contributed by atoms with van der Waals surface area (Å²) in [7, 11) is 1.60. The van der Waals surface area contributed by atoms with Crippen LogP contribution < -0.4 is 15.4 Å². The molecule has 1 aliphatic heterocycles. The first-order valence-corrected chi connectivity index (χ1v) is 17.6. The third-order valence-electron chi connectivity index (χ3n) is 9.42. The van der Waals surface area contributed by atoms with Crippen LogP contribution in [0.3, 0.4) is 0 Å². The van der Waals surface area contributed by atoms with Crippen molar-refractivity contribution in [3.05, 3.63) is 136 Å². The van der Waals surface area contributed by atoms with Crippen LogP contribution in [-0.2, 0) is 6.42 Å². The molecule has 1 amide bonds. The van der Waals surface area contributed by atoms with Crippen LogP contribution in [0.15, 0.2) is 97.3 Å². The quantitative estimate of drug-likeness (QED) is 0.125. The predicted octanol–water partition coefficient (Wildman–Crippen LogP) is 9.02. The van der Waals surface area contributed by atoms with E-state index in [9.17, 15) is 19.6 Å². The number of pyridine rings is 1. The molecule has 11 nitrogen and oxygen atoms in total. The van der Waals surface area contributed by atoms with E-state index >= 15 is 0 Å². The van der Waals surface area contributed by atoms with Gasteiger partial charge < -0.3 is 25.4 Å². The van der Waals surface area contributed by atoms with Crippen molar-refractivity contribution in [1.82, 2.24) is 24.9 Å². The Bertz CT molecular complexity index is 2330. The summed E-state index contributed by atoms with van der Waals surface area (Å²) >= 11 is 12.9. The number of piperidine rings is 1. The van der Waals surface area contributed by atoms with E-state index in [4.69, 9.17) is 27.9 Å². The minimum absolute atomic E-state index is 0.0689. The highest BCUT2D eigenvalue weighted by Crippen LogP contribution is 2.38. The maximum atomic E-state index is 14.0. The molecule has 14 heteroatoms. The van der Waals surface area contributed by atoms with Gasteiger partial charge in [-0.15, -0.1) is 5.10 Å². The lowest BCUT2D eigenvalue weighted by atomic mass is 9.92. The predicted molar refractivity (Wildman–Crippen MR) is 202 cm³/mol. The third-order valence-corrected chi connectivity index (χ3v) is 10.00. The topological polar surface area (TPSA) is 141 Å². The fourth-order valence-corrected chi connectivity index (χ4v) is 7.25. The molecule has 3 heterocycles. The molecule has 7 rings (SSSR count). The van der Waals surface area contributed by atoms with Gasteiger partial charge in [0.15, 0.2) is 0 Å². The molecule has 0 saturated carbocycles. The van der Waals surface area contributed by atoms with Crippen molar-refractivity contribution in [2.45, 2.75) is 37.4 Å². The van der Waals surface area contributed by atoms with Gasteiger partial charge in [-0.2, -0.15) is 5.26 Å². The summed E-state index contributed by atoms with van der Waals surface area (Å²) in [5.74, 6) is 0.0837. The number of rotatable bonds is 10. The van der Waals surface area contributed by atoms with Crippen molar-refractivity contribution >= 4 is 57.3 Å². The van der Waals surface area contributed by atoms with Gasteiger partial charge >= 0.3 is 6.09 Å². The van der Waals surface area contributed by atoms with E-state index in [0.29, 0.717) is 70.2 Å². The summed E-state index contributed by atoms with van der Waals surface area (Å²) in [6, 6.07) is 26.6. The highest BCUT2D eigenvalue weighted by atomic mass is 35.5. The van der Waals surface area contributed by atoms with Gasteiger partial charge in [-0.25, -0.2) is 13.9 Å². The van der Waals surface area contributed by atoms with Crippen LogP contribution in [-0.4, -0.2) is 55.8 Å². The zero-order chi connectivity index (χ0) is 37.1. The number of carbonyl (C=O) groups is 1. The number of methoxy groups -OCH3 is 1. The zero-order valence-electron chi connectivity index (χ0n) is 28.4. The average Bonchev–Trinajstić information content (AvgIpc) is 3.66. The molecule has 0 aliphatic carbocycles. The fourth-order valence-electron chi connectivity index (χ4n) is 6.80. The highest BCUT2D eigenvalue weighted by Gasteiger charge is 2.33. The lowest BCUT2D eigenvalue weighted by Gasteiger charge is -2.37. The Morgan fingerprint density at radius 1 is 1.08 bits per heavy atom. The van der Waals surface area contributed by atoms with Gasteiger partial charge in [0.25, 0.3) is 0 Å². The van der Waals surface area contributed by atoms with E-state index in [1.165, 1.54) is 29.3 Å². The second kappa shape index (κ2) is 15.4. The Morgan fingerprint density at radius 3 is 2.64 bits per heavy atom. The molecule has 3 unspecified atom stereocenters. The van der Waals surface area contributed by atoms with Crippen LogP contribution in [0.1, 0.15) is 47.3 Å². The Hall–Kier alpha value is -5.90. The summed E-state index contributed by atoms with van der Waals surface area (Å²) in [5.41, 5.74) is 4.70. The number of fused-ring (bicyclic) bond motifs is 1. The number of likely N-dealkylation sites (tertiary alicyclic amines) is 1. The van der Waals surface area contributed by atoms with E-state index in [-0.39, 0.29) is 22.7 Å². The number of carboxylic acid groups (broad SMARTS) is 1. The first-order chi connectivity index (χ1) is 25.7. The largest absolute Gasteiger partial charge is 0.497 e. The number of ether oxygens (including phenoxy) is 1. The fraction of sp³-hybridized carbons (Fsp3) is 0.205. The molecular weight excluding hydrogens is 718 g/mol. The Kier molecular flexibility index (Phi) is 10.3. The van der Waals surface area contributed by atoms with Crippen LogP contribution in [0.4, 0.5) is 26.2 Å². The van der Waals surface area contributed by atoms with Crippen molar-refractivity contribution in [1.29, 1.82) is 5.26 Å². The molecule has 1 saturated heterocycles. The third kappa shape index (κ3) is 7.67. The number of benzene rings is 4. The van der Waals surface area contributed by atoms with Gasteiger partial charge in [0.1, 0.15) is 23.3 Å². The minimum Gasteiger partial charge on any atom is -0.497 e. The Labute approximate surface area is 314 Å². The monoisotopic (exact) mass is 750 g/mol. The van der Waals surface area contributed by atoms with Gasteiger partial charge in [0, 0.05) is 35.5 Å². The second-order valence-electron chi connectivity index (χ2n) is 12.7. The highest BCUT2D eigenvalue weighted by molar-refractivity contribution is 6.36. The van der Waals surface area contributed by atoms with E-state index in [1.807, 2.05) is 71.5 Å². The minimum atomic E-state index is -0.933. The molecule has 4 aromatic carbocycles. The molecular formula is C39H33Cl2FN8O3. The number of nitrogens with one attached hydrogen (secondary N) is 2.